The van der Waals surface area contributed by atoms with Gasteiger partial charge in [0.25, 0.3) is 0 Å². The zero-order valence-corrected chi connectivity index (χ0v) is 11.7. The maximum Gasteiger partial charge on any atom is 0.248 e. The van der Waals surface area contributed by atoms with E-state index in [4.69, 9.17) is 17.3 Å². The second-order valence-corrected chi connectivity index (χ2v) is 4.92. The van der Waals surface area contributed by atoms with Crippen molar-refractivity contribution in [2.24, 2.45) is 5.73 Å². The molecule has 0 radical (unpaired) electrons. The Balaban J connectivity index is 2.15. The van der Waals surface area contributed by atoms with Gasteiger partial charge in [-0.3, -0.25) is 4.79 Å². The molecule has 0 aliphatic rings. The summed E-state index contributed by atoms with van der Waals surface area (Å²) in [7, 11) is 0. The molecule has 0 aromatic heterocycles. The van der Waals surface area contributed by atoms with Crippen molar-refractivity contribution in [3.8, 4) is 0 Å². The molecular formula is C15H14ClFN2O. The van der Waals surface area contributed by atoms with E-state index in [0.29, 0.717) is 22.8 Å². The Bertz CT molecular complexity index is 658. The molecule has 5 heteroatoms. The fourth-order valence-corrected chi connectivity index (χ4v) is 2.04. The van der Waals surface area contributed by atoms with Gasteiger partial charge >= 0.3 is 0 Å². The molecule has 2 rings (SSSR count). The van der Waals surface area contributed by atoms with Crippen LogP contribution in [0.2, 0.25) is 5.02 Å². The average molecular weight is 293 g/mol. The number of nitrogens with two attached hydrogens (primary N) is 1. The fraction of sp³-hybridized carbons (Fsp3) is 0.133. The van der Waals surface area contributed by atoms with Crippen molar-refractivity contribution in [1.29, 1.82) is 0 Å². The van der Waals surface area contributed by atoms with E-state index < -0.39 is 5.91 Å². The van der Waals surface area contributed by atoms with Gasteiger partial charge in [-0.25, -0.2) is 4.39 Å². The molecule has 3 nitrogen and oxygen atoms in total. The number of carbonyl (C=O) groups excluding carboxylic acids is 1. The Labute approximate surface area is 121 Å². The van der Waals surface area contributed by atoms with E-state index in [0.717, 1.165) is 11.1 Å². The second-order valence-electron chi connectivity index (χ2n) is 4.48. The van der Waals surface area contributed by atoms with Crippen LogP contribution in [-0.2, 0) is 6.54 Å². The summed E-state index contributed by atoms with van der Waals surface area (Å²) in [5, 5.41) is 3.45. The van der Waals surface area contributed by atoms with Crippen LogP contribution in [0.4, 0.5) is 10.1 Å². The molecule has 2 aromatic carbocycles. The van der Waals surface area contributed by atoms with Gasteiger partial charge in [-0.1, -0.05) is 17.7 Å². The quantitative estimate of drug-likeness (QED) is 0.906. The van der Waals surface area contributed by atoms with Crippen molar-refractivity contribution in [3.63, 3.8) is 0 Å². The first-order chi connectivity index (χ1) is 9.47. The molecule has 3 N–H and O–H groups in total. The summed E-state index contributed by atoms with van der Waals surface area (Å²) in [6.07, 6.45) is 0. The molecule has 0 heterocycles. The summed E-state index contributed by atoms with van der Waals surface area (Å²) in [5.41, 5.74) is 7.88. The van der Waals surface area contributed by atoms with Crippen molar-refractivity contribution in [2.75, 3.05) is 5.32 Å². The van der Waals surface area contributed by atoms with Gasteiger partial charge in [-0.2, -0.15) is 0 Å². The minimum atomic E-state index is -0.464. The smallest absolute Gasteiger partial charge is 0.248 e. The minimum absolute atomic E-state index is 0.343. The van der Waals surface area contributed by atoms with E-state index in [1.54, 1.807) is 18.2 Å². The maximum absolute atomic E-state index is 13.6. The summed E-state index contributed by atoms with van der Waals surface area (Å²) in [6, 6.07) is 9.51. The third-order valence-corrected chi connectivity index (χ3v) is 3.26. The van der Waals surface area contributed by atoms with E-state index >= 15 is 0 Å². The number of benzene rings is 2. The SMILES string of the molecule is Cc1cc(C(N)=O)ccc1CNc1cc(Cl)ccc1F. The normalized spacial score (nSPS) is 10.3. The maximum atomic E-state index is 13.6. The van der Waals surface area contributed by atoms with Gasteiger partial charge in [-0.15, -0.1) is 0 Å². The second kappa shape index (κ2) is 5.92. The van der Waals surface area contributed by atoms with Crippen LogP contribution in [0.1, 0.15) is 21.5 Å². The number of rotatable bonds is 4. The zero-order chi connectivity index (χ0) is 14.7. The average Bonchev–Trinajstić information content (AvgIpc) is 2.40. The molecular weight excluding hydrogens is 279 g/mol. The standard InChI is InChI=1S/C15H14ClFN2O/c1-9-6-10(15(18)20)2-3-11(9)8-19-14-7-12(16)4-5-13(14)17/h2-7,19H,8H2,1H3,(H2,18,20). The Morgan fingerprint density at radius 2 is 2.05 bits per heavy atom. The van der Waals surface area contributed by atoms with Crippen LogP contribution in [0.25, 0.3) is 0 Å². The number of hydrogen-bond acceptors (Lipinski definition) is 2. The predicted molar refractivity (Wildman–Crippen MR) is 78.4 cm³/mol. The lowest BCUT2D eigenvalue weighted by Gasteiger charge is -2.11. The zero-order valence-electron chi connectivity index (χ0n) is 10.9. The highest BCUT2D eigenvalue weighted by molar-refractivity contribution is 6.30. The van der Waals surface area contributed by atoms with Crippen LogP contribution < -0.4 is 11.1 Å². The number of halogens is 2. The highest BCUT2D eigenvalue weighted by Crippen LogP contribution is 2.21. The van der Waals surface area contributed by atoms with Crippen molar-refractivity contribution in [1.82, 2.24) is 0 Å². The van der Waals surface area contributed by atoms with Gasteiger partial charge in [0.1, 0.15) is 5.82 Å². The van der Waals surface area contributed by atoms with Crippen LogP contribution in [0.5, 0.6) is 0 Å². The first-order valence-corrected chi connectivity index (χ1v) is 6.43. The lowest BCUT2D eigenvalue weighted by Crippen LogP contribution is -2.12. The minimum Gasteiger partial charge on any atom is -0.379 e. The number of hydrogen-bond donors (Lipinski definition) is 2. The van der Waals surface area contributed by atoms with Crippen molar-refractivity contribution < 1.29 is 9.18 Å². The van der Waals surface area contributed by atoms with Crippen LogP contribution in [0.15, 0.2) is 36.4 Å². The largest absolute Gasteiger partial charge is 0.379 e. The molecule has 0 saturated heterocycles. The van der Waals surface area contributed by atoms with Crippen LogP contribution in [-0.4, -0.2) is 5.91 Å². The van der Waals surface area contributed by atoms with Crippen LogP contribution in [0, 0.1) is 12.7 Å². The predicted octanol–water partition coefficient (Wildman–Crippen LogP) is 3.50. The molecule has 20 heavy (non-hydrogen) atoms. The fourth-order valence-electron chi connectivity index (χ4n) is 1.87. The lowest BCUT2D eigenvalue weighted by atomic mass is 10.0. The molecule has 0 atom stereocenters. The summed E-state index contributed by atoms with van der Waals surface area (Å²) < 4.78 is 13.6. The number of aryl methyl sites for hydroxylation is 1. The molecule has 0 bridgehead atoms. The number of primary amides is 1. The van der Waals surface area contributed by atoms with Crippen molar-refractivity contribution in [2.45, 2.75) is 13.5 Å². The lowest BCUT2D eigenvalue weighted by molar-refractivity contribution is 0.1000. The third kappa shape index (κ3) is 3.27. The molecule has 0 unspecified atom stereocenters. The highest BCUT2D eigenvalue weighted by atomic mass is 35.5. The molecule has 2 aromatic rings. The van der Waals surface area contributed by atoms with E-state index in [2.05, 4.69) is 5.32 Å². The monoisotopic (exact) mass is 292 g/mol. The Kier molecular flexibility index (Phi) is 4.25. The van der Waals surface area contributed by atoms with E-state index in [1.165, 1.54) is 18.2 Å². The summed E-state index contributed by atoms with van der Waals surface area (Å²) in [5.74, 6) is -0.825. The summed E-state index contributed by atoms with van der Waals surface area (Å²) >= 11 is 5.83. The third-order valence-electron chi connectivity index (χ3n) is 3.02. The van der Waals surface area contributed by atoms with Gasteiger partial charge in [0.15, 0.2) is 0 Å². The van der Waals surface area contributed by atoms with E-state index in [9.17, 15) is 9.18 Å². The molecule has 0 aliphatic heterocycles. The van der Waals surface area contributed by atoms with Gasteiger partial charge in [-0.05, 0) is 48.4 Å². The van der Waals surface area contributed by atoms with Crippen molar-refractivity contribution >= 4 is 23.2 Å². The van der Waals surface area contributed by atoms with Gasteiger partial charge in [0, 0.05) is 17.1 Å². The number of amides is 1. The molecule has 1 amide bonds. The van der Waals surface area contributed by atoms with E-state index in [1.807, 2.05) is 6.92 Å². The molecule has 0 saturated carbocycles. The molecule has 0 spiro atoms. The molecule has 104 valence electrons. The van der Waals surface area contributed by atoms with Crippen molar-refractivity contribution in [3.05, 3.63) is 63.9 Å². The van der Waals surface area contributed by atoms with Gasteiger partial charge < -0.3 is 11.1 Å². The first kappa shape index (κ1) is 14.3. The highest BCUT2D eigenvalue weighted by Gasteiger charge is 2.06. The van der Waals surface area contributed by atoms with Crippen LogP contribution in [0.3, 0.4) is 0 Å². The Hall–Kier alpha value is -2.07. The Morgan fingerprint density at radius 3 is 2.70 bits per heavy atom. The molecule has 0 fully saturated rings. The first-order valence-electron chi connectivity index (χ1n) is 6.05. The summed E-state index contributed by atoms with van der Waals surface area (Å²) in [6.45, 7) is 2.31. The van der Waals surface area contributed by atoms with E-state index in [-0.39, 0.29) is 5.82 Å². The van der Waals surface area contributed by atoms with Gasteiger partial charge in [0.05, 0.1) is 5.69 Å². The topological polar surface area (TPSA) is 55.1 Å². The summed E-state index contributed by atoms with van der Waals surface area (Å²) in [4.78, 5) is 11.1. The van der Waals surface area contributed by atoms with Gasteiger partial charge in [0.2, 0.25) is 5.91 Å². The number of carbonyl (C=O) groups is 1. The molecule has 0 aliphatic carbocycles. The Morgan fingerprint density at radius 1 is 1.30 bits per heavy atom. The number of anilines is 1. The number of nitrogens with one attached hydrogen (secondary N) is 1. The van der Waals surface area contributed by atoms with Crippen LogP contribution >= 0.6 is 11.6 Å².